The maximum Gasteiger partial charge on any atom is 0.161 e. The zero-order valence-corrected chi connectivity index (χ0v) is 15.8. The molecular formula is C21H23ClN2O2. The lowest BCUT2D eigenvalue weighted by molar-refractivity contribution is 0.310. The number of alkyl halides is 1. The molecule has 0 fully saturated rings. The number of para-hydroxylation sites is 1. The number of aromatic amines is 1. The molecule has 2 N–H and O–H groups in total. The average Bonchev–Trinajstić information content (AvgIpc) is 3.07. The van der Waals surface area contributed by atoms with E-state index in [0.717, 1.165) is 23.6 Å². The first-order chi connectivity index (χ1) is 12.8. The highest BCUT2D eigenvalue weighted by Crippen LogP contribution is 2.41. The lowest BCUT2D eigenvalue weighted by Crippen LogP contribution is -2.34. The summed E-state index contributed by atoms with van der Waals surface area (Å²) in [5, 5.41) is 4.84. The van der Waals surface area contributed by atoms with E-state index in [9.17, 15) is 0 Å². The molecule has 1 aliphatic heterocycles. The van der Waals surface area contributed by atoms with E-state index in [0.29, 0.717) is 12.5 Å². The molecule has 4 nitrogen and oxygen atoms in total. The van der Waals surface area contributed by atoms with Gasteiger partial charge in [0.1, 0.15) is 0 Å². The number of methoxy groups -OCH3 is 1. The van der Waals surface area contributed by atoms with Crippen LogP contribution in [0.25, 0.3) is 10.9 Å². The van der Waals surface area contributed by atoms with E-state index in [1.807, 2.05) is 13.0 Å². The van der Waals surface area contributed by atoms with Crippen LogP contribution in [-0.2, 0) is 0 Å². The first kappa shape index (κ1) is 17.3. The van der Waals surface area contributed by atoms with Crippen molar-refractivity contribution in [2.45, 2.75) is 18.9 Å². The van der Waals surface area contributed by atoms with Crippen LogP contribution in [0.1, 0.15) is 35.7 Å². The van der Waals surface area contributed by atoms with Crippen LogP contribution in [0.2, 0.25) is 0 Å². The summed E-state index contributed by atoms with van der Waals surface area (Å²) in [5.74, 6) is 2.31. The Balaban J connectivity index is 1.84. The predicted molar refractivity (Wildman–Crippen MR) is 106 cm³/mol. The Kier molecular flexibility index (Phi) is 4.79. The largest absolute Gasteiger partial charge is 0.493 e. The van der Waals surface area contributed by atoms with Crippen LogP contribution in [0.15, 0.2) is 42.5 Å². The van der Waals surface area contributed by atoms with E-state index >= 15 is 0 Å². The molecular weight excluding hydrogens is 348 g/mol. The fourth-order valence-corrected chi connectivity index (χ4v) is 4.15. The van der Waals surface area contributed by atoms with Crippen molar-refractivity contribution < 1.29 is 9.47 Å². The smallest absolute Gasteiger partial charge is 0.161 e. The van der Waals surface area contributed by atoms with Gasteiger partial charge >= 0.3 is 0 Å². The van der Waals surface area contributed by atoms with Crippen LogP contribution < -0.4 is 14.8 Å². The molecule has 2 atom stereocenters. The molecule has 0 aliphatic carbocycles. The van der Waals surface area contributed by atoms with Gasteiger partial charge in [-0.2, -0.15) is 0 Å². The van der Waals surface area contributed by atoms with Gasteiger partial charge < -0.3 is 19.8 Å². The van der Waals surface area contributed by atoms with Crippen molar-refractivity contribution >= 4 is 22.5 Å². The monoisotopic (exact) mass is 370 g/mol. The number of hydrogen-bond donors (Lipinski definition) is 2. The normalized spacial score (nSPS) is 19.3. The van der Waals surface area contributed by atoms with Crippen LogP contribution in [0.4, 0.5) is 0 Å². The van der Waals surface area contributed by atoms with Crippen LogP contribution in [-0.4, -0.2) is 31.1 Å². The minimum atomic E-state index is 0.139. The third kappa shape index (κ3) is 2.83. The van der Waals surface area contributed by atoms with Crippen LogP contribution >= 0.6 is 11.6 Å². The van der Waals surface area contributed by atoms with Crippen molar-refractivity contribution in [1.29, 1.82) is 0 Å². The molecule has 0 saturated carbocycles. The first-order valence-corrected chi connectivity index (χ1v) is 9.50. The van der Waals surface area contributed by atoms with Crippen LogP contribution in [0.5, 0.6) is 11.5 Å². The van der Waals surface area contributed by atoms with Gasteiger partial charge in [-0.3, -0.25) is 0 Å². The Morgan fingerprint density at radius 2 is 2.00 bits per heavy atom. The molecule has 0 amide bonds. The van der Waals surface area contributed by atoms with E-state index in [1.165, 1.54) is 22.2 Å². The van der Waals surface area contributed by atoms with E-state index in [-0.39, 0.29) is 12.0 Å². The number of nitrogens with one attached hydrogen (secondary N) is 2. The Hall–Kier alpha value is -2.17. The summed E-state index contributed by atoms with van der Waals surface area (Å²) >= 11 is 6.21. The molecule has 136 valence electrons. The molecule has 0 saturated heterocycles. The maximum absolute atomic E-state index is 6.21. The minimum absolute atomic E-state index is 0.139. The van der Waals surface area contributed by atoms with Crippen molar-refractivity contribution in [1.82, 2.24) is 10.3 Å². The molecule has 0 radical (unpaired) electrons. The minimum Gasteiger partial charge on any atom is -0.493 e. The third-order valence-electron chi connectivity index (χ3n) is 5.09. The quantitative estimate of drug-likeness (QED) is 0.646. The first-order valence-electron chi connectivity index (χ1n) is 8.97. The van der Waals surface area contributed by atoms with Gasteiger partial charge in [0.05, 0.1) is 19.8 Å². The molecule has 1 aromatic heterocycles. The second-order valence-electron chi connectivity index (χ2n) is 6.51. The highest BCUT2D eigenvalue weighted by molar-refractivity contribution is 6.18. The van der Waals surface area contributed by atoms with E-state index in [4.69, 9.17) is 21.1 Å². The number of hydrogen-bond acceptors (Lipinski definition) is 3. The van der Waals surface area contributed by atoms with E-state index < -0.39 is 0 Å². The number of fused-ring (bicyclic) bond motifs is 3. The zero-order valence-electron chi connectivity index (χ0n) is 15.0. The molecule has 26 heavy (non-hydrogen) atoms. The number of rotatable bonds is 5. The van der Waals surface area contributed by atoms with Gasteiger partial charge in [0.15, 0.2) is 11.5 Å². The summed E-state index contributed by atoms with van der Waals surface area (Å²) < 4.78 is 11.2. The van der Waals surface area contributed by atoms with Crippen LogP contribution in [0, 0.1) is 0 Å². The zero-order chi connectivity index (χ0) is 18.1. The Morgan fingerprint density at radius 1 is 1.15 bits per heavy atom. The molecule has 0 bridgehead atoms. The molecule has 2 heterocycles. The van der Waals surface area contributed by atoms with Crippen molar-refractivity contribution in [3.05, 3.63) is 59.3 Å². The molecule has 1 aliphatic rings. The fraction of sp³-hybridized carbons (Fsp3) is 0.333. The predicted octanol–water partition coefficient (Wildman–Crippen LogP) is 4.59. The Morgan fingerprint density at radius 3 is 2.77 bits per heavy atom. The van der Waals surface area contributed by atoms with Gasteiger partial charge in [0.2, 0.25) is 0 Å². The topological polar surface area (TPSA) is 46.3 Å². The molecule has 2 aromatic carbocycles. The third-order valence-corrected chi connectivity index (χ3v) is 5.39. The van der Waals surface area contributed by atoms with Gasteiger partial charge in [-0.05, 0) is 36.2 Å². The lowest BCUT2D eigenvalue weighted by atomic mass is 9.84. The van der Waals surface area contributed by atoms with Crippen molar-refractivity contribution in [2.24, 2.45) is 0 Å². The molecule has 5 heteroatoms. The van der Waals surface area contributed by atoms with Gasteiger partial charge in [-0.1, -0.05) is 24.3 Å². The Bertz CT molecular complexity index is 922. The lowest BCUT2D eigenvalue weighted by Gasteiger charge is -2.30. The average molecular weight is 371 g/mol. The maximum atomic E-state index is 6.21. The van der Waals surface area contributed by atoms with Gasteiger partial charge in [0, 0.05) is 34.9 Å². The second kappa shape index (κ2) is 7.22. The number of benzene rings is 2. The standard InChI is InChI=1S/C21H23ClN2O2/c1-3-26-18-9-8-13(10-19(18)25-2)15-12-23-17(11-22)21-20(15)14-6-4-5-7-16(14)24-21/h4-10,15,17,23-24H,3,11-12H2,1-2H3. The van der Waals surface area contributed by atoms with Gasteiger partial charge in [0.25, 0.3) is 0 Å². The second-order valence-corrected chi connectivity index (χ2v) is 6.82. The Labute approximate surface area is 158 Å². The summed E-state index contributed by atoms with van der Waals surface area (Å²) in [6.45, 7) is 3.43. The van der Waals surface area contributed by atoms with Gasteiger partial charge in [-0.25, -0.2) is 0 Å². The number of H-pyrrole nitrogens is 1. The molecule has 4 rings (SSSR count). The van der Waals surface area contributed by atoms with Crippen LogP contribution in [0.3, 0.4) is 0 Å². The highest BCUT2D eigenvalue weighted by Gasteiger charge is 2.31. The summed E-state index contributed by atoms with van der Waals surface area (Å²) in [6.07, 6.45) is 0. The van der Waals surface area contributed by atoms with Gasteiger partial charge in [-0.15, -0.1) is 11.6 Å². The molecule has 0 spiro atoms. The van der Waals surface area contributed by atoms with Crippen molar-refractivity contribution in [3.63, 3.8) is 0 Å². The van der Waals surface area contributed by atoms with E-state index in [2.05, 4.69) is 46.7 Å². The highest BCUT2D eigenvalue weighted by atomic mass is 35.5. The fourth-order valence-electron chi connectivity index (χ4n) is 3.89. The summed E-state index contributed by atoms with van der Waals surface area (Å²) in [4.78, 5) is 3.57. The summed E-state index contributed by atoms with van der Waals surface area (Å²) in [6, 6.07) is 14.8. The number of ether oxygens (including phenoxy) is 2. The number of halogens is 1. The van der Waals surface area contributed by atoms with Crippen molar-refractivity contribution in [2.75, 3.05) is 26.1 Å². The molecule has 2 unspecified atom stereocenters. The molecule has 3 aromatic rings. The summed E-state index contributed by atoms with van der Waals surface area (Å²) in [7, 11) is 1.68. The number of aromatic nitrogens is 1. The van der Waals surface area contributed by atoms with Crippen molar-refractivity contribution in [3.8, 4) is 11.5 Å². The SMILES string of the molecule is CCOc1ccc(C2CNC(CCl)c3[nH]c4ccccc4c32)cc1OC. The summed E-state index contributed by atoms with van der Waals surface area (Å²) in [5.41, 5.74) is 4.87. The van der Waals surface area contributed by atoms with E-state index in [1.54, 1.807) is 7.11 Å².